The topological polar surface area (TPSA) is 64.9 Å². The van der Waals surface area contributed by atoms with Gasteiger partial charge in [0.15, 0.2) is 0 Å². The van der Waals surface area contributed by atoms with Crippen molar-refractivity contribution in [3.63, 3.8) is 0 Å². The Labute approximate surface area is 136 Å². The summed E-state index contributed by atoms with van der Waals surface area (Å²) in [6, 6.07) is 16.4. The van der Waals surface area contributed by atoms with Gasteiger partial charge in [0.05, 0.1) is 12.6 Å². The van der Waals surface area contributed by atoms with E-state index in [9.17, 15) is 10.1 Å². The number of carbonyl (C=O) groups is 1. The summed E-state index contributed by atoms with van der Waals surface area (Å²) >= 11 is 0. The molecule has 4 heteroatoms. The van der Waals surface area contributed by atoms with Crippen LogP contribution in [-0.2, 0) is 4.79 Å². The van der Waals surface area contributed by atoms with Crippen LogP contribution in [0.5, 0.6) is 0 Å². The molecule has 1 amide bonds. The molecule has 0 saturated heterocycles. The van der Waals surface area contributed by atoms with Gasteiger partial charge in [0.2, 0.25) is 5.91 Å². The van der Waals surface area contributed by atoms with Gasteiger partial charge < -0.3 is 10.6 Å². The van der Waals surface area contributed by atoms with Gasteiger partial charge in [0, 0.05) is 11.1 Å². The number of nitriles is 1. The second kappa shape index (κ2) is 6.70. The molecule has 2 aromatic rings. The first kappa shape index (κ1) is 15.4. The van der Waals surface area contributed by atoms with Crippen LogP contribution in [0.3, 0.4) is 0 Å². The standard InChI is InChI=1S/C19H21N3O/c20-14-19(11-4-1-5-12-19)22-18(23)13-21-17-10-6-8-15-7-2-3-9-16(15)17/h2-3,6-10,21H,1,4-5,11-13H2,(H,22,23). The predicted molar refractivity (Wildman–Crippen MR) is 92.0 cm³/mol. The van der Waals surface area contributed by atoms with Crippen LogP contribution in [0.15, 0.2) is 42.5 Å². The summed E-state index contributed by atoms with van der Waals surface area (Å²) in [5.74, 6) is -0.124. The van der Waals surface area contributed by atoms with Gasteiger partial charge in [-0.15, -0.1) is 0 Å². The van der Waals surface area contributed by atoms with Crippen molar-refractivity contribution in [3.05, 3.63) is 42.5 Å². The molecule has 0 atom stereocenters. The Balaban J connectivity index is 1.65. The molecule has 0 aromatic heterocycles. The van der Waals surface area contributed by atoms with Crippen molar-refractivity contribution in [2.75, 3.05) is 11.9 Å². The molecule has 1 aliphatic carbocycles. The van der Waals surface area contributed by atoms with Crippen LogP contribution in [-0.4, -0.2) is 18.0 Å². The summed E-state index contributed by atoms with van der Waals surface area (Å²) in [6.45, 7) is 0.178. The second-order valence-corrected chi connectivity index (χ2v) is 6.18. The SMILES string of the molecule is N#CC1(NC(=O)CNc2cccc3ccccc23)CCCCC1. The van der Waals surface area contributed by atoms with Crippen LogP contribution in [0.2, 0.25) is 0 Å². The van der Waals surface area contributed by atoms with E-state index in [1.165, 1.54) is 0 Å². The van der Waals surface area contributed by atoms with E-state index in [0.717, 1.165) is 48.6 Å². The maximum atomic E-state index is 12.3. The van der Waals surface area contributed by atoms with Crippen molar-refractivity contribution in [2.45, 2.75) is 37.6 Å². The largest absolute Gasteiger partial charge is 0.376 e. The minimum atomic E-state index is -0.671. The Hall–Kier alpha value is -2.54. The maximum absolute atomic E-state index is 12.3. The minimum Gasteiger partial charge on any atom is -0.376 e. The van der Waals surface area contributed by atoms with E-state index >= 15 is 0 Å². The van der Waals surface area contributed by atoms with Crippen molar-refractivity contribution >= 4 is 22.4 Å². The van der Waals surface area contributed by atoms with Crippen LogP contribution in [0, 0.1) is 11.3 Å². The molecule has 118 valence electrons. The van der Waals surface area contributed by atoms with Crippen LogP contribution in [0.4, 0.5) is 5.69 Å². The van der Waals surface area contributed by atoms with E-state index in [1.54, 1.807) is 0 Å². The van der Waals surface area contributed by atoms with E-state index < -0.39 is 5.54 Å². The fraction of sp³-hybridized carbons (Fsp3) is 0.368. The van der Waals surface area contributed by atoms with Gasteiger partial charge in [0.1, 0.15) is 5.54 Å². The third-order valence-electron chi connectivity index (χ3n) is 4.53. The van der Waals surface area contributed by atoms with Crippen molar-refractivity contribution in [3.8, 4) is 6.07 Å². The Morgan fingerprint density at radius 2 is 1.83 bits per heavy atom. The van der Waals surface area contributed by atoms with Crippen LogP contribution < -0.4 is 10.6 Å². The van der Waals surface area contributed by atoms with Crippen molar-refractivity contribution < 1.29 is 4.79 Å². The first-order chi connectivity index (χ1) is 11.2. The highest BCUT2D eigenvalue weighted by atomic mass is 16.2. The van der Waals surface area contributed by atoms with E-state index in [2.05, 4.69) is 16.7 Å². The number of nitrogens with zero attached hydrogens (tertiary/aromatic N) is 1. The molecule has 0 radical (unpaired) electrons. The average molecular weight is 307 g/mol. The van der Waals surface area contributed by atoms with Gasteiger partial charge in [0.25, 0.3) is 0 Å². The molecule has 1 aliphatic rings. The van der Waals surface area contributed by atoms with Gasteiger partial charge in [-0.05, 0) is 24.3 Å². The summed E-state index contributed by atoms with van der Waals surface area (Å²) < 4.78 is 0. The maximum Gasteiger partial charge on any atom is 0.240 e. The zero-order valence-electron chi connectivity index (χ0n) is 13.1. The Morgan fingerprint density at radius 3 is 2.61 bits per heavy atom. The van der Waals surface area contributed by atoms with E-state index in [1.807, 2.05) is 42.5 Å². The summed E-state index contributed by atoms with van der Waals surface area (Å²) in [4.78, 5) is 12.3. The van der Waals surface area contributed by atoms with Gasteiger partial charge >= 0.3 is 0 Å². The summed E-state index contributed by atoms with van der Waals surface area (Å²) in [7, 11) is 0. The molecule has 2 N–H and O–H groups in total. The van der Waals surface area contributed by atoms with Crippen LogP contribution in [0.1, 0.15) is 32.1 Å². The molecule has 0 aliphatic heterocycles. The summed E-state index contributed by atoms with van der Waals surface area (Å²) in [5, 5.41) is 17.8. The molecule has 0 spiro atoms. The molecule has 0 bridgehead atoms. The lowest BCUT2D eigenvalue weighted by molar-refractivity contribution is -0.121. The lowest BCUT2D eigenvalue weighted by Crippen LogP contribution is -2.50. The molecule has 3 rings (SSSR count). The molecule has 1 saturated carbocycles. The van der Waals surface area contributed by atoms with Gasteiger partial charge in [-0.3, -0.25) is 4.79 Å². The summed E-state index contributed by atoms with van der Waals surface area (Å²) in [5.41, 5.74) is 0.267. The summed E-state index contributed by atoms with van der Waals surface area (Å²) in [6.07, 6.45) is 4.66. The number of rotatable bonds is 4. The van der Waals surface area contributed by atoms with Crippen LogP contribution >= 0.6 is 0 Å². The number of benzene rings is 2. The van der Waals surface area contributed by atoms with Crippen molar-refractivity contribution in [1.29, 1.82) is 5.26 Å². The average Bonchev–Trinajstić information content (AvgIpc) is 2.60. The number of nitrogens with one attached hydrogen (secondary N) is 2. The third-order valence-corrected chi connectivity index (χ3v) is 4.53. The number of fused-ring (bicyclic) bond motifs is 1. The van der Waals surface area contributed by atoms with Crippen LogP contribution in [0.25, 0.3) is 10.8 Å². The predicted octanol–water partition coefficient (Wildman–Crippen LogP) is 3.59. The fourth-order valence-corrected chi connectivity index (χ4v) is 3.29. The highest BCUT2D eigenvalue weighted by Crippen LogP contribution is 2.27. The molecular weight excluding hydrogens is 286 g/mol. The van der Waals surface area contributed by atoms with Gasteiger partial charge in [-0.2, -0.15) is 5.26 Å². The minimum absolute atomic E-state index is 0.124. The van der Waals surface area contributed by atoms with Gasteiger partial charge in [-0.25, -0.2) is 0 Å². The number of hydrogen-bond acceptors (Lipinski definition) is 3. The Kier molecular flexibility index (Phi) is 4.47. The highest BCUT2D eigenvalue weighted by Gasteiger charge is 2.33. The van der Waals surface area contributed by atoms with E-state index in [4.69, 9.17) is 0 Å². The van der Waals surface area contributed by atoms with E-state index in [0.29, 0.717) is 0 Å². The molecule has 0 heterocycles. The monoisotopic (exact) mass is 307 g/mol. The zero-order valence-corrected chi connectivity index (χ0v) is 13.1. The number of hydrogen-bond donors (Lipinski definition) is 2. The number of amides is 1. The van der Waals surface area contributed by atoms with Gasteiger partial charge in [-0.1, -0.05) is 55.7 Å². The first-order valence-corrected chi connectivity index (χ1v) is 8.16. The molecule has 4 nitrogen and oxygen atoms in total. The molecular formula is C19H21N3O. The normalized spacial score (nSPS) is 16.5. The lowest BCUT2D eigenvalue weighted by atomic mass is 9.83. The molecule has 2 aromatic carbocycles. The fourth-order valence-electron chi connectivity index (χ4n) is 3.29. The highest BCUT2D eigenvalue weighted by molar-refractivity contribution is 5.95. The molecule has 0 unspecified atom stereocenters. The molecule has 1 fully saturated rings. The lowest BCUT2D eigenvalue weighted by Gasteiger charge is -2.31. The quantitative estimate of drug-likeness (QED) is 0.907. The Morgan fingerprint density at radius 1 is 1.09 bits per heavy atom. The van der Waals surface area contributed by atoms with Crippen molar-refractivity contribution in [2.24, 2.45) is 0 Å². The third kappa shape index (κ3) is 3.45. The number of carbonyl (C=O) groups excluding carboxylic acids is 1. The zero-order chi connectivity index (χ0) is 16.1. The number of anilines is 1. The Bertz CT molecular complexity index is 736. The first-order valence-electron chi connectivity index (χ1n) is 8.16. The smallest absolute Gasteiger partial charge is 0.240 e. The molecule has 23 heavy (non-hydrogen) atoms. The second-order valence-electron chi connectivity index (χ2n) is 6.18. The van der Waals surface area contributed by atoms with E-state index in [-0.39, 0.29) is 12.5 Å². The van der Waals surface area contributed by atoms with Crippen molar-refractivity contribution in [1.82, 2.24) is 5.32 Å².